The average molecular weight is 323 g/mol. The van der Waals surface area contributed by atoms with Crippen LogP contribution in [0.4, 0.5) is 10.2 Å². The Labute approximate surface area is 116 Å². The minimum absolute atomic E-state index is 0.109. The number of hydrogen-bond donors (Lipinski definition) is 1. The van der Waals surface area contributed by atoms with Crippen molar-refractivity contribution in [3.63, 3.8) is 0 Å². The van der Waals surface area contributed by atoms with Crippen molar-refractivity contribution in [2.45, 2.75) is 0 Å². The van der Waals surface area contributed by atoms with Crippen LogP contribution >= 0.6 is 15.9 Å². The van der Waals surface area contributed by atoms with Gasteiger partial charge in [0.1, 0.15) is 17.4 Å². The molecule has 7 heteroatoms. The molecule has 5 nitrogen and oxygen atoms in total. The van der Waals surface area contributed by atoms with E-state index < -0.39 is 11.7 Å². The second-order valence-electron chi connectivity index (χ2n) is 3.76. The lowest BCUT2D eigenvalue weighted by molar-refractivity contribution is 0.102. The number of amides is 1. The van der Waals surface area contributed by atoms with E-state index in [1.807, 2.05) is 6.07 Å². The number of aryl methyl sites for hydroxylation is 1. The van der Waals surface area contributed by atoms with Gasteiger partial charge in [0.05, 0.1) is 5.56 Å². The molecule has 0 saturated heterocycles. The average Bonchev–Trinajstić information content (AvgIpc) is 2.69. The molecule has 0 bridgehead atoms. The van der Waals surface area contributed by atoms with E-state index >= 15 is 0 Å². The molecule has 0 spiro atoms. The molecule has 0 aliphatic heterocycles. The van der Waals surface area contributed by atoms with Crippen molar-refractivity contribution in [2.75, 3.05) is 5.32 Å². The van der Waals surface area contributed by atoms with Gasteiger partial charge in [-0.2, -0.15) is 10.4 Å². The van der Waals surface area contributed by atoms with Crippen LogP contribution in [0, 0.1) is 17.1 Å². The highest BCUT2D eigenvalue weighted by Crippen LogP contribution is 2.17. The summed E-state index contributed by atoms with van der Waals surface area (Å²) in [5, 5.41) is 15.2. The predicted molar refractivity (Wildman–Crippen MR) is 70.0 cm³/mol. The van der Waals surface area contributed by atoms with Crippen LogP contribution in [0.2, 0.25) is 0 Å². The maximum atomic E-state index is 13.6. The van der Waals surface area contributed by atoms with Crippen molar-refractivity contribution in [3.05, 3.63) is 45.8 Å². The summed E-state index contributed by atoms with van der Waals surface area (Å²) >= 11 is 3.11. The SMILES string of the molecule is Cn1cc(C#N)c(NC(=O)c2ccc(Br)cc2F)n1. The molecule has 0 fully saturated rings. The van der Waals surface area contributed by atoms with Crippen LogP contribution < -0.4 is 5.32 Å². The van der Waals surface area contributed by atoms with Gasteiger partial charge < -0.3 is 5.32 Å². The highest BCUT2D eigenvalue weighted by atomic mass is 79.9. The van der Waals surface area contributed by atoms with E-state index in [0.717, 1.165) is 0 Å². The molecule has 1 aromatic heterocycles. The molecular weight excluding hydrogens is 315 g/mol. The van der Waals surface area contributed by atoms with Gasteiger partial charge >= 0.3 is 0 Å². The van der Waals surface area contributed by atoms with Crippen molar-refractivity contribution >= 4 is 27.7 Å². The summed E-state index contributed by atoms with van der Waals surface area (Å²) < 4.78 is 15.5. The predicted octanol–water partition coefficient (Wildman–Crippen LogP) is 2.45. The van der Waals surface area contributed by atoms with E-state index in [9.17, 15) is 9.18 Å². The Morgan fingerprint density at radius 2 is 2.32 bits per heavy atom. The van der Waals surface area contributed by atoms with Crippen molar-refractivity contribution in [3.8, 4) is 6.07 Å². The molecule has 2 aromatic rings. The van der Waals surface area contributed by atoms with Crippen molar-refractivity contribution in [1.82, 2.24) is 9.78 Å². The monoisotopic (exact) mass is 322 g/mol. The van der Waals surface area contributed by atoms with Gasteiger partial charge in [0.25, 0.3) is 5.91 Å². The van der Waals surface area contributed by atoms with Crippen LogP contribution in [-0.2, 0) is 7.05 Å². The summed E-state index contributed by atoms with van der Waals surface area (Å²) in [6.45, 7) is 0. The van der Waals surface area contributed by atoms with Crippen LogP contribution in [0.25, 0.3) is 0 Å². The summed E-state index contributed by atoms with van der Waals surface area (Å²) in [7, 11) is 1.62. The van der Waals surface area contributed by atoms with Gasteiger partial charge in [0.2, 0.25) is 0 Å². The van der Waals surface area contributed by atoms with E-state index in [2.05, 4.69) is 26.3 Å². The lowest BCUT2D eigenvalue weighted by Crippen LogP contribution is -2.15. The quantitative estimate of drug-likeness (QED) is 0.923. The maximum Gasteiger partial charge on any atom is 0.259 e. The number of carbonyl (C=O) groups excluding carboxylic acids is 1. The first-order chi connectivity index (χ1) is 9.01. The summed E-state index contributed by atoms with van der Waals surface area (Å²) in [5.74, 6) is -1.20. The lowest BCUT2D eigenvalue weighted by atomic mass is 10.2. The highest BCUT2D eigenvalue weighted by Gasteiger charge is 2.15. The number of benzene rings is 1. The number of nitrogens with one attached hydrogen (secondary N) is 1. The zero-order chi connectivity index (χ0) is 14.0. The second-order valence-corrected chi connectivity index (χ2v) is 4.67. The van der Waals surface area contributed by atoms with E-state index in [1.165, 1.54) is 23.0 Å². The highest BCUT2D eigenvalue weighted by molar-refractivity contribution is 9.10. The molecule has 19 heavy (non-hydrogen) atoms. The molecule has 1 aromatic carbocycles. The Balaban J connectivity index is 2.28. The number of halogens is 2. The van der Waals surface area contributed by atoms with E-state index in [0.29, 0.717) is 4.47 Å². The number of aromatic nitrogens is 2. The topological polar surface area (TPSA) is 70.7 Å². The summed E-state index contributed by atoms with van der Waals surface area (Å²) in [6.07, 6.45) is 1.47. The van der Waals surface area contributed by atoms with Gasteiger partial charge in [-0.1, -0.05) is 15.9 Å². The lowest BCUT2D eigenvalue weighted by Gasteiger charge is -2.04. The van der Waals surface area contributed by atoms with Gasteiger partial charge in [0.15, 0.2) is 5.82 Å². The Morgan fingerprint density at radius 1 is 1.58 bits per heavy atom. The Hall–Kier alpha value is -2.20. The van der Waals surface area contributed by atoms with Gasteiger partial charge in [-0.3, -0.25) is 9.48 Å². The van der Waals surface area contributed by atoms with Crippen LogP contribution in [0.5, 0.6) is 0 Å². The molecule has 96 valence electrons. The number of anilines is 1. The molecule has 1 N–H and O–H groups in total. The zero-order valence-electron chi connectivity index (χ0n) is 9.82. The zero-order valence-corrected chi connectivity index (χ0v) is 11.4. The number of carbonyl (C=O) groups is 1. The Kier molecular flexibility index (Phi) is 3.62. The molecule has 0 unspecified atom stereocenters. The first-order valence-corrected chi connectivity index (χ1v) is 6.00. The van der Waals surface area contributed by atoms with E-state index in [1.54, 1.807) is 13.1 Å². The smallest absolute Gasteiger partial charge is 0.259 e. The Bertz CT molecular complexity index is 690. The van der Waals surface area contributed by atoms with Crippen LogP contribution in [0.3, 0.4) is 0 Å². The van der Waals surface area contributed by atoms with Crippen molar-refractivity contribution in [2.24, 2.45) is 7.05 Å². The van der Waals surface area contributed by atoms with Gasteiger partial charge in [0, 0.05) is 17.7 Å². The van der Waals surface area contributed by atoms with Gasteiger partial charge in [-0.05, 0) is 18.2 Å². The fraction of sp³-hybridized carbons (Fsp3) is 0.0833. The van der Waals surface area contributed by atoms with Crippen molar-refractivity contribution in [1.29, 1.82) is 5.26 Å². The van der Waals surface area contributed by atoms with E-state index in [4.69, 9.17) is 5.26 Å². The third kappa shape index (κ3) is 2.80. The Morgan fingerprint density at radius 3 is 2.95 bits per heavy atom. The molecule has 0 aliphatic rings. The largest absolute Gasteiger partial charge is 0.304 e. The normalized spacial score (nSPS) is 10.0. The maximum absolute atomic E-state index is 13.6. The molecule has 0 radical (unpaired) electrons. The minimum Gasteiger partial charge on any atom is -0.304 e. The summed E-state index contributed by atoms with van der Waals surface area (Å²) in [4.78, 5) is 11.9. The van der Waals surface area contributed by atoms with Crippen LogP contribution in [-0.4, -0.2) is 15.7 Å². The van der Waals surface area contributed by atoms with E-state index in [-0.39, 0.29) is 16.9 Å². The molecule has 1 amide bonds. The summed E-state index contributed by atoms with van der Waals surface area (Å²) in [5.41, 5.74) is 0.103. The van der Waals surface area contributed by atoms with Crippen molar-refractivity contribution < 1.29 is 9.18 Å². The minimum atomic E-state index is -0.653. The summed E-state index contributed by atoms with van der Waals surface area (Å²) in [6, 6.07) is 6.00. The van der Waals surface area contributed by atoms with Crippen LogP contribution in [0.15, 0.2) is 28.9 Å². The molecular formula is C12H8BrFN4O. The number of nitrogens with zero attached hydrogens (tertiary/aromatic N) is 3. The van der Waals surface area contributed by atoms with Gasteiger partial charge in [-0.25, -0.2) is 4.39 Å². The standard InChI is InChI=1S/C12H8BrFN4O/c1-18-6-7(5-15)11(17-18)16-12(19)9-3-2-8(13)4-10(9)14/h2-4,6H,1H3,(H,16,17,19). The first-order valence-electron chi connectivity index (χ1n) is 5.21. The first kappa shape index (κ1) is 13.2. The fourth-order valence-electron chi connectivity index (χ4n) is 1.51. The molecule has 1 heterocycles. The second kappa shape index (κ2) is 5.20. The molecule has 0 aliphatic carbocycles. The fourth-order valence-corrected chi connectivity index (χ4v) is 1.84. The number of nitriles is 1. The van der Waals surface area contributed by atoms with Gasteiger partial charge in [-0.15, -0.1) is 0 Å². The number of hydrogen-bond acceptors (Lipinski definition) is 3. The third-order valence-electron chi connectivity index (χ3n) is 2.36. The third-order valence-corrected chi connectivity index (χ3v) is 2.85. The van der Waals surface area contributed by atoms with Crippen LogP contribution in [0.1, 0.15) is 15.9 Å². The molecule has 2 rings (SSSR count). The number of rotatable bonds is 2. The molecule has 0 atom stereocenters. The molecule has 0 saturated carbocycles.